The first-order valence-corrected chi connectivity index (χ1v) is 9.10. The van der Waals surface area contributed by atoms with Crippen molar-refractivity contribution in [3.8, 4) is 5.75 Å². The quantitative estimate of drug-likeness (QED) is 0.808. The van der Waals surface area contributed by atoms with Crippen LogP contribution in [0.4, 0.5) is 0 Å². The average Bonchev–Trinajstić information content (AvgIpc) is 3.02. The second kappa shape index (κ2) is 8.56. The molecule has 0 saturated carbocycles. The molecule has 1 saturated heterocycles. The van der Waals surface area contributed by atoms with Gasteiger partial charge in [-0.25, -0.2) is 0 Å². The predicted octanol–water partition coefficient (Wildman–Crippen LogP) is 2.35. The number of ether oxygens (including phenoxy) is 1. The van der Waals surface area contributed by atoms with Crippen LogP contribution in [0.5, 0.6) is 5.75 Å². The van der Waals surface area contributed by atoms with Crippen molar-refractivity contribution < 1.29 is 14.4 Å². The maximum absolute atomic E-state index is 12.1. The van der Waals surface area contributed by atoms with Gasteiger partial charge in [0.15, 0.2) is 6.61 Å². The fourth-order valence-corrected chi connectivity index (χ4v) is 3.57. The highest BCUT2D eigenvalue weighted by atomic mass is 35.5. The molecule has 4 nitrogen and oxygen atoms in total. The highest BCUT2D eigenvalue weighted by Gasteiger charge is 2.27. The summed E-state index contributed by atoms with van der Waals surface area (Å²) in [6.45, 7) is 2.93. The van der Waals surface area contributed by atoms with E-state index in [4.69, 9.17) is 27.9 Å². The van der Waals surface area contributed by atoms with Crippen LogP contribution >= 0.6 is 23.2 Å². The van der Waals surface area contributed by atoms with Crippen LogP contribution in [0, 0.1) is 0 Å². The zero-order valence-corrected chi connectivity index (χ0v) is 15.3. The molecule has 0 aromatic heterocycles. The first kappa shape index (κ1) is 18.1. The molecule has 0 bridgehead atoms. The molecule has 0 radical (unpaired) electrons. The van der Waals surface area contributed by atoms with Crippen LogP contribution in [0.3, 0.4) is 0 Å². The summed E-state index contributed by atoms with van der Waals surface area (Å²) >= 11 is 11.9. The summed E-state index contributed by atoms with van der Waals surface area (Å²) in [4.78, 5) is 13.6. The number of amides is 1. The molecule has 1 fully saturated rings. The van der Waals surface area contributed by atoms with E-state index in [0.29, 0.717) is 15.8 Å². The molecule has 2 aromatic rings. The van der Waals surface area contributed by atoms with Gasteiger partial charge in [-0.3, -0.25) is 4.79 Å². The standard InChI is InChI=1S/C19H20Cl2N2O2/c20-15-6-7-18(17(21)10-15)25-13-19(24)22-16-8-9-23(12-16)11-14-4-2-1-3-5-14/h1-7,10,16H,8-9,11-13H2,(H,22,24)/p+1/t16-/m0/s1. The Morgan fingerprint density at radius 1 is 1.20 bits per heavy atom. The summed E-state index contributed by atoms with van der Waals surface area (Å²) in [5.74, 6) is 0.334. The Labute approximate surface area is 157 Å². The first-order chi connectivity index (χ1) is 12.1. The third-order valence-electron chi connectivity index (χ3n) is 4.30. The number of carbonyl (C=O) groups excluding carboxylic acids is 1. The normalized spacial score (nSPS) is 19.6. The van der Waals surface area contributed by atoms with E-state index in [0.717, 1.165) is 26.1 Å². The van der Waals surface area contributed by atoms with Crippen molar-refractivity contribution in [1.82, 2.24) is 5.32 Å². The number of likely N-dealkylation sites (tertiary alicyclic amines) is 1. The third kappa shape index (κ3) is 5.36. The number of nitrogens with one attached hydrogen (secondary N) is 2. The minimum absolute atomic E-state index is 0.0497. The molecule has 0 aliphatic carbocycles. The number of carbonyl (C=O) groups is 1. The molecule has 2 atom stereocenters. The number of rotatable bonds is 6. The second-order valence-corrected chi connectivity index (χ2v) is 7.13. The molecule has 2 aromatic carbocycles. The summed E-state index contributed by atoms with van der Waals surface area (Å²) < 4.78 is 5.48. The molecule has 1 unspecified atom stereocenters. The van der Waals surface area contributed by atoms with Crippen molar-refractivity contribution in [3.05, 3.63) is 64.1 Å². The molecule has 1 amide bonds. The summed E-state index contributed by atoms with van der Waals surface area (Å²) in [5.41, 5.74) is 1.32. The third-order valence-corrected chi connectivity index (χ3v) is 4.83. The van der Waals surface area contributed by atoms with Crippen molar-refractivity contribution in [1.29, 1.82) is 0 Å². The van der Waals surface area contributed by atoms with Crippen LogP contribution in [0.25, 0.3) is 0 Å². The van der Waals surface area contributed by atoms with Gasteiger partial charge in [-0.05, 0) is 18.2 Å². The lowest BCUT2D eigenvalue weighted by Gasteiger charge is -2.15. The Bertz CT molecular complexity index is 725. The average molecular weight is 380 g/mol. The van der Waals surface area contributed by atoms with Crippen LogP contribution in [0.2, 0.25) is 10.0 Å². The second-order valence-electron chi connectivity index (χ2n) is 6.28. The van der Waals surface area contributed by atoms with E-state index in [1.807, 2.05) is 6.07 Å². The largest absolute Gasteiger partial charge is 0.482 e. The van der Waals surface area contributed by atoms with Crippen molar-refractivity contribution in [2.24, 2.45) is 0 Å². The van der Waals surface area contributed by atoms with E-state index in [9.17, 15) is 4.79 Å². The molecule has 25 heavy (non-hydrogen) atoms. The minimum atomic E-state index is -0.128. The molecule has 132 valence electrons. The molecule has 1 heterocycles. The molecule has 6 heteroatoms. The van der Waals surface area contributed by atoms with Crippen LogP contribution in [0.1, 0.15) is 12.0 Å². The molecule has 1 aliphatic heterocycles. The Hall–Kier alpha value is -1.75. The number of halogens is 2. The van der Waals surface area contributed by atoms with Crippen LogP contribution < -0.4 is 15.0 Å². The summed E-state index contributed by atoms with van der Waals surface area (Å²) in [6.07, 6.45) is 0.982. The van der Waals surface area contributed by atoms with Gasteiger partial charge in [0.05, 0.1) is 24.2 Å². The fraction of sp³-hybridized carbons (Fsp3) is 0.316. The first-order valence-electron chi connectivity index (χ1n) is 8.35. The van der Waals surface area contributed by atoms with Crippen molar-refractivity contribution in [2.45, 2.75) is 19.0 Å². The number of quaternary nitrogens is 1. The Morgan fingerprint density at radius 3 is 2.76 bits per heavy atom. The van der Waals surface area contributed by atoms with Gasteiger partial charge in [0.2, 0.25) is 0 Å². The van der Waals surface area contributed by atoms with E-state index >= 15 is 0 Å². The van der Waals surface area contributed by atoms with E-state index in [1.165, 1.54) is 10.5 Å². The van der Waals surface area contributed by atoms with Gasteiger partial charge < -0.3 is 15.0 Å². The summed E-state index contributed by atoms with van der Waals surface area (Å²) in [7, 11) is 0. The van der Waals surface area contributed by atoms with Crippen LogP contribution in [0.15, 0.2) is 48.5 Å². The molecular formula is C19H21Cl2N2O2+. The predicted molar refractivity (Wildman–Crippen MR) is 99.3 cm³/mol. The van der Waals surface area contributed by atoms with Gasteiger partial charge in [-0.15, -0.1) is 0 Å². The van der Waals surface area contributed by atoms with E-state index in [2.05, 4.69) is 29.6 Å². The zero-order chi connectivity index (χ0) is 17.6. The zero-order valence-electron chi connectivity index (χ0n) is 13.8. The van der Waals surface area contributed by atoms with E-state index in [1.54, 1.807) is 18.2 Å². The summed E-state index contributed by atoms with van der Waals surface area (Å²) in [6, 6.07) is 15.6. The lowest BCUT2D eigenvalue weighted by Crippen LogP contribution is -3.09. The van der Waals surface area contributed by atoms with E-state index in [-0.39, 0.29) is 18.6 Å². The molecule has 2 N–H and O–H groups in total. The minimum Gasteiger partial charge on any atom is -0.482 e. The molecule has 3 rings (SSSR count). The smallest absolute Gasteiger partial charge is 0.258 e. The molecule has 1 aliphatic rings. The van der Waals surface area contributed by atoms with Crippen molar-refractivity contribution in [2.75, 3.05) is 19.7 Å². The lowest BCUT2D eigenvalue weighted by atomic mass is 10.2. The Balaban J connectivity index is 1.43. The lowest BCUT2D eigenvalue weighted by molar-refractivity contribution is -0.901. The summed E-state index contributed by atoms with van der Waals surface area (Å²) in [5, 5.41) is 3.98. The van der Waals surface area contributed by atoms with Gasteiger partial charge in [0, 0.05) is 17.0 Å². The topological polar surface area (TPSA) is 42.8 Å². The van der Waals surface area contributed by atoms with Gasteiger partial charge in [0.25, 0.3) is 5.91 Å². The number of hydrogen-bond donors (Lipinski definition) is 2. The van der Waals surface area contributed by atoms with Crippen molar-refractivity contribution >= 4 is 29.1 Å². The monoisotopic (exact) mass is 379 g/mol. The van der Waals surface area contributed by atoms with Crippen LogP contribution in [-0.2, 0) is 11.3 Å². The SMILES string of the molecule is O=C(COc1ccc(Cl)cc1Cl)N[C@H]1CC[NH+](Cc2ccccc2)C1. The molecular weight excluding hydrogens is 359 g/mol. The Kier molecular flexibility index (Phi) is 6.19. The van der Waals surface area contributed by atoms with Gasteiger partial charge >= 0.3 is 0 Å². The maximum atomic E-state index is 12.1. The van der Waals surface area contributed by atoms with Gasteiger partial charge in [0.1, 0.15) is 12.3 Å². The van der Waals surface area contributed by atoms with E-state index < -0.39 is 0 Å². The maximum Gasteiger partial charge on any atom is 0.258 e. The Morgan fingerprint density at radius 2 is 2.00 bits per heavy atom. The van der Waals surface area contributed by atoms with Gasteiger partial charge in [-0.2, -0.15) is 0 Å². The number of benzene rings is 2. The fourth-order valence-electron chi connectivity index (χ4n) is 3.10. The highest BCUT2D eigenvalue weighted by Crippen LogP contribution is 2.27. The van der Waals surface area contributed by atoms with Crippen molar-refractivity contribution in [3.63, 3.8) is 0 Å². The van der Waals surface area contributed by atoms with Crippen LogP contribution in [-0.4, -0.2) is 31.6 Å². The highest BCUT2D eigenvalue weighted by molar-refractivity contribution is 6.35. The number of hydrogen-bond acceptors (Lipinski definition) is 2. The molecule has 0 spiro atoms. The van der Waals surface area contributed by atoms with Gasteiger partial charge in [-0.1, -0.05) is 53.5 Å².